The summed E-state index contributed by atoms with van der Waals surface area (Å²) in [6.07, 6.45) is 3.89. The van der Waals surface area contributed by atoms with Gasteiger partial charge in [0.1, 0.15) is 5.75 Å². The van der Waals surface area contributed by atoms with Crippen LogP contribution in [0, 0.1) is 0 Å². The van der Waals surface area contributed by atoms with E-state index in [1.807, 2.05) is 30.5 Å². The lowest BCUT2D eigenvalue weighted by molar-refractivity contribution is 0.414. The third-order valence-electron chi connectivity index (χ3n) is 3.01. The van der Waals surface area contributed by atoms with E-state index < -0.39 is 0 Å². The van der Waals surface area contributed by atoms with Gasteiger partial charge in [0, 0.05) is 0 Å². The molecule has 1 aromatic heterocycles. The highest BCUT2D eigenvalue weighted by Gasteiger charge is 2.09. The van der Waals surface area contributed by atoms with Crippen molar-refractivity contribution in [2.24, 2.45) is 5.73 Å². The zero-order valence-corrected chi connectivity index (χ0v) is 11.4. The average Bonchev–Trinajstić information content (AvgIpc) is 2.88. The molecule has 0 aliphatic rings. The summed E-state index contributed by atoms with van der Waals surface area (Å²) in [7, 11) is 1.66. The minimum absolute atomic E-state index is 0.0240. The number of benzene rings is 1. The molecule has 0 aliphatic heterocycles. The number of hydrogen-bond acceptors (Lipinski definition) is 4. The Morgan fingerprint density at radius 3 is 3.00 bits per heavy atom. The molecule has 0 spiro atoms. The van der Waals surface area contributed by atoms with E-state index in [-0.39, 0.29) is 6.04 Å². The van der Waals surface area contributed by atoms with Gasteiger partial charge in [0.15, 0.2) is 0 Å². The van der Waals surface area contributed by atoms with Crippen molar-refractivity contribution in [3.8, 4) is 5.75 Å². The van der Waals surface area contributed by atoms with Gasteiger partial charge in [-0.25, -0.2) is 4.68 Å². The monoisotopic (exact) mass is 260 g/mol. The fourth-order valence-electron chi connectivity index (χ4n) is 1.98. The minimum Gasteiger partial charge on any atom is -0.497 e. The van der Waals surface area contributed by atoms with Gasteiger partial charge in [0.05, 0.1) is 31.6 Å². The summed E-state index contributed by atoms with van der Waals surface area (Å²) in [6, 6.07) is 7.90. The first kappa shape index (κ1) is 13.5. The molecule has 5 heteroatoms. The molecule has 19 heavy (non-hydrogen) atoms. The second-order valence-electron chi connectivity index (χ2n) is 4.59. The first-order valence-corrected chi connectivity index (χ1v) is 6.51. The normalized spacial score (nSPS) is 12.4. The molecular formula is C14H20N4O. The zero-order chi connectivity index (χ0) is 13.7. The smallest absolute Gasteiger partial charge is 0.119 e. The molecule has 102 valence electrons. The third-order valence-corrected chi connectivity index (χ3v) is 3.01. The summed E-state index contributed by atoms with van der Waals surface area (Å²) in [5, 5.41) is 8.25. The SMILES string of the molecule is CCCC(N)c1cn(Cc2cccc(OC)c2)nn1. The van der Waals surface area contributed by atoms with Gasteiger partial charge in [0.25, 0.3) is 0 Å². The first-order chi connectivity index (χ1) is 9.22. The summed E-state index contributed by atoms with van der Waals surface area (Å²) >= 11 is 0. The summed E-state index contributed by atoms with van der Waals surface area (Å²) in [4.78, 5) is 0. The van der Waals surface area contributed by atoms with Gasteiger partial charge in [0.2, 0.25) is 0 Å². The van der Waals surface area contributed by atoms with E-state index >= 15 is 0 Å². The van der Waals surface area contributed by atoms with Crippen LogP contribution in [0.25, 0.3) is 0 Å². The van der Waals surface area contributed by atoms with Gasteiger partial charge in [-0.3, -0.25) is 0 Å². The molecule has 5 nitrogen and oxygen atoms in total. The Labute approximate surface area is 113 Å². The summed E-state index contributed by atoms with van der Waals surface area (Å²) in [5.74, 6) is 0.848. The third kappa shape index (κ3) is 3.54. The lowest BCUT2D eigenvalue weighted by atomic mass is 10.1. The van der Waals surface area contributed by atoms with Gasteiger partial charge < -0.3 is 10.5 Å². The molecule has 0 bridgehead atoms. The van der Waals surface area contributed by atoms with Crippen LogP contribution in [0.15, 0.2) is 30.5 Å². The molecule has 1 unspecified atom stereocenters. The predicted molar refractivity (Wildman–Crippen MR) is 74.0 cm³/mol. The lowest BCUT2D eigenvalue weighted by Crippen LogP contribution is -2.10. The highest BCUT2D eigenvalue weighted by atomic mass is 16.5. The Bertz CT molecular complexity index is 524. The first-order valence-electron chi connectivity index (χ1n) is 6.51. The predicted octanol–water partition coefficient (Wildman–Crippen LogP) is 2.13. The number of hydrogen-bond donors (Lipinski definition) is 1. The van der Waals surface area contributed by atoms with Crippen LogP contribution in [0.2, 0.25) is 0 Å². The number of methoxy groups -OCH3 is 1. The van der Waals surface area contributed by atoms with Crippen LogP contribution >= 0.6 is 0 Å². The molecule has 1 heterocycles. The number of nitrogens with zero attached hydrogens (tertiary/aromatic N) is 3. The van der Waals surface area contributed by atoms with Crippen molar-refractivity contribution in [2.45, 2.75) is 32.4 Å². The van der Waals surface area contributed by atoms with E-state index in [0.29, 0.717) is 6.54 Å². The Hall–Kier alpha value is -1.88. The summed E-state index contributed by atoms with van der Waals surface area (Å²) < 4.78 is 7.01. The van der Waals surface area contributed by atoms with Crippen molar-refractivity contribution >= 4 is 0 Å². The lowest BCUT2D eigenvalue weighted by Gasteiger charge is -2.05. The second-order valence-corrected chi connectivity index (χ2v) is 4.59. The average molecular weight is 260 g/mol. The van der Waals surface area contributed by atoms with Crippen molar-refractivity contribution in [3.63, 3.8) is 0 Å². The Morgan fingerprint density at radius 1 is 1.42 bits per heavy atom. The van der Waals surface area contributed by atoms with Gasteiger partial charge >= 0.3 is 0 Å². The Morgan fingerprint density at radius 2 is 2.26 bits per heavy atom. The largest absolute Gasteiger partial charge is 0.497 e. The highest BCUT2D eigenvalue weighted by molar-refractivity contribution is 5.28. The maximum Gasteiger partial charge on any atom is 0.119 e. The maximum absolute atomic E-state index is 6.02. The van der Waals surface area contributed by atoms with E-state index in [1.165, 1.54) is 0 Å². The molecule has 1 atom stereocenters. The van der Waals surface area contributed by atoms with Crippen molar-refractivity contribution in [1.29, 1.82) is 0 Å². The summed E-state index contributed by atoms with van der Waals surface area (Å²) in [5.41, 5.74) is 8.00. The highest BCUT2D eigenvalue weighted by Crippen LogP contribution is 2.15. The van der Waals surface area contributed by atoms with Crippen molar-refractivity contribution in [3.05, 3.63) is 41.7 Å². The second kappa shape index (κ2) is 6.33. The molecule has 2 rings (SSSR count). The molecular weight excluding hydrogens is 240 g/mol. The van der Waals surface area contributed by atoms with Crippen LogP contribution < -0.4 is 10.5 Å². The van der Waals surface area contributed by atoms with Crippen LogP contribution in [0.1, 0.15) is 37.1 Å². The van der Waals surface area contributed by atoms with Crippen molar-refractivity contribution in [1.82, 2.24) is 15.0 Å². The number of aromatic nitrogens is 3. The molecule has 0 saturated carbocycles. The molecule has 0 saturated heterocycles. The summed E-state index contributed by atoms with van der Waals surface area (Å²) in [6.45, 7) is 2.78. The van der Waals surface area contributed by atoms with Crippen LogP contribution in [0.3, 0.4) is 0 Å². The van der Waals surface area contributed by atoms with Crippen LogP contribution in [-0.4, -0.2) is 22.1 Å². The molecule has 0 fully saturated rings. The maximum atomic E-state index is 6.02. The zero-order valence-electron chi connectivity index (χ0n) is 11.4. The van der Waals surface area contributed by atoms with Crippen LogP contribution in [-0.2, 0) is 6.54 Å². The molecule has 0 amide bonds. The quantitative estimate of drug-likeness (QED) is 0.864. The van der Waals surface area contributed by atoms with Crippen molar-refractivity contribution < 1.29 is 4.74 Å². The standard InChI is InChI=1S/C14H20N4O/c1-3-5-13(15)14-10-18(17-16-14)9-11-6-4-7-12(8-11)19-2/h4,6-8,10,13H,3,5,9,15H2,1-2H3. The molecule has 0 radical (unpaired) electrons. The van der Waals surface area contributed by atoms with Crippen LogP contribution in [0.5, 0.6) is 5.75 Å². The van der Waals surface area contributed by atoms with E-state index in [2.05, 4.69) is 17.2 Å². The van der Waals surface area contributed by atoms with Gasteiger partial charge in [-0.05, 0) is 24.1 Å². The van der Waals surface area contributed by atoms with E-state index in [9.17, 15) is 0 Å². The van der Waals surface area contributed by atoms with Crippen LogP contribution in [0.4, 0.5) is 0 Å². The molecule has 0 aliphatic carbocycles. The number of nitrogens with two attached hydrogens (primary N) is 1. The molecule has 2 aromatic rings. The fraction of sp³-hybridized carbons (Fsp3) is 0.429. The van der Waals surface area contributed by atoms with E-state index in [1.54, 1.807) is 11.8 Å². The van der Waals surface area contributed by atoms with Crippen molar-refractivity contribution in [2.75, 3.05) is 7.11 Å². The minimum atomic E-state index is -0.0240. The molecule has 1 aromatic carbocycles. The Kier molecular flexibility index (Phi) is 4.52. The van der Waals surface area contributed by atoms with Gasteiger partial charge in [-0.1, -0.05) is 30.7 Å². The Balaban J connectivity index is 2.06. The topological polar surface area (TPSA) is 66.0 Å². The molecule has 2 N–H and O–H groups in total. The van der Waals surface area contributed by atoms with Gasteiger partial charge in [-0.2, -0.15) is 0 Å². The van der Waals surface area contributed by atoms with E-state index in [4.69, 9.17) is 10.5 Å². The fourth-order valence-corrected chi connectivity index (χ4v) is 1.98. The van der Waals surface area contributed by atoms with E-state index in [0.717, 1.165) is 29.8 Å². The van der Waals surface area contributed by atoms with Gasteiger partial charge in [-0.15, -0.1) is 5.10 Å². The number of rotatable bonds is 6. The number of ether oxygens (including phenoxy) is 1.